The van der Waals surface area contributed by atoms with E-state index in [1.165, 1.54) is 11.1 Å². The Labute approximate surface area is 141 Å². The van der Waals surface area contributed by atoms with Gasteiger partial charge in [0.05, 0.1) is 0 Å². The zero-order chi connectivity index (χ0) is 9.64. The average Bonchev–Trinajstić information content (AvgIpc) is 2.29. The molecular weight excluding hydrogens is 214 g/mol. The Balaban J connectivity index is 0.00000112. The first-order chi connectivity index (χ1) is 6.95. The zero-order valence-corrected chi connectivity index (χ0v) is 7.93. The Morgan fingerprint density at radius 2 is 0.812 bits per heavy atom. The maximum absolute atomic E-state index is 2.12. The summed E-state index contributed by atoms with van der Waals surface area (Å²) in [6.07, 6.45) is 4.24. The second-order valence-electron chi connectivity index (χ2n) is 3.15. The van der Waals surface area contributed by atoms with E-state index in [1.807, 2.05) is 36.4 Å². The summed E-state index contributed by atoms with van der Waals surface area (Å²) < 4.78 is 0. The van der Waals surface area contributed by atoms with Gasteiger partial charge < -0.3 is 0 Å². The summed E-state index contributed by atoms with van der Waals surface area (Å²) in [7, 11) is 0. The average molecular weight is 228 g/mol. The van der Waals surface area contributed by atoms with Gasteiger partial charge in [0.2, 0.25) is 0 Å². The van der Waals surface area contributed by atoms with E-state index in [9.17, 15) is 0 Å². The van der Waals surface area contributed by atoms with Crippen LogP contribution < -0.4 is 0 Å². The quantitative estimate of drug-likeness (QED) is 0.547. The second-order valence-corrected chi connectivity index (χ2v) is 3.15. The monoisotopic (exact) mass is 228 g/mol. The van der Waals surface area contributed by atoms with E-state index < -0.39 is 0 Å². The van der Waals surface area contributed by atoms with Gasteiger partial charge >= 0.3 is 59.1 Å². The van der Waals surface area contributed by atoms with E-state index in [1.54, 1.807) is 0 Å². The summed E-state index contributed by atoms with van der Waals surface area (Å²) in [6, 6.07) is 20.6. The molecule has 0 N–H and O–H groups in total. The molecule has 2 aromatic carbocycles. The van der Waals surface area contributed by atoms with Crippen LogP contribution in [0.4, 0.5) is 0 Å². The molecule has 0 radical (unpaired) electrons. The third-order valence-electron chi connectivity index (χ3n) is 2.07. The molecule has 2 aromatic rings. The van der Waals surface area contributed by atoms with E-state index in [-0.39, 0.29) is 59.1 Å². The van der Waals surface area contributed by atoms with Crippen LogP contribution in [-0.2, 0) is 0 Å². The van der Waals surface area contributed by atoms with Crippen LogP contribution in [0, 0.1) is 0 Å². The van der Waals surface area contributed by atoms with Gasteiger partial charge in [-0.3, -0.25) is 0 Å². The van der Waals surface area contributed by atoms with Crippen molar-refractivity contribution in [3.63, 3.8) is 0 Å². The fraction of sp³-hybridized carbons (Fsp3) is 0. The van der Waals surface area contributed by atoms with Crippen LogP contribution in [0.25, 0.3) is 12.2 Å². The van der Waals surface area contributed by atoms with Crippen LogP contribution in [0.1, 0.15) is 11.1 Å². The molecule has 0 aromatic heterocycles. The fourth-order valence-corrected chi connectivity index (χ4v) is 1.32. The van der Waals surface area contributed by atoms with Crippen molar-refractivity contribution >= 4 is 71.3 Å². The third kappa shape index (κ3) is 5.49. The molecule has 0 heterocycles. The Bertz CT molecular complexity index is 366. The van der Waals surface area contributed by atoms with Crippen molar-refractivity contribution < 1.29 is 0 Å². The number of hydrogen-bond donors (Lipinski definition) is 0. The summed E-state index contributed by atoms with van der Waals surface area (Å²) in [5.41, 5.74) is 2.47. The van der Waals surface area contributed by atoms with E-state index in [4.69, 9.17) is 0 Å². The first-order valence-corrected chi connectivity index (χ1v) is 4.73. The predicted molar refractivity (Wildman–Crippen MR) is 76.1 cm³/mol. The molecule has 0 aliphatic heterocycles. The molecule has 0 atom stereocenters. The van der Waals surface area contributed by atoms with Crippen LogP contribution in [-0.4, -0.2) is 59.1 Å². The first kappa shape index (κ1) is 16.2. The van der Waals surface area contributed by atoms with Crippen LogP contribution in [0.2, 0.25) is 0 Å². The minimum absolute atomic E-state index is 0. The van der Waals surface area contributed by atoms with E-state index >= 15 is 0 Å². The summed E-state index contributed by atoms with van der Waals surface area (Å²) in [4.78, 5) is 0. The molecule has 0 spiro atoms. The van der Waals surface area contributed by atoms with Gasteiger partial charge in [-0.2, -0.15) is 0 Å². The molecule has 0 aliphatic carbocycles. The van der Waals surface area contributed by atoms with Gasteiger partial charge in [-0.25, -0.2) is 0 Å². The Morgan fingerprint density at radius 3 is 1.12 bits per heavy atom. The van der Waals surface area contributed by atoms with Crippen LogP contribution >= 0.6 is 0 Å². The Morgan fingerprint density at radius 1 is 0.500 bits per heavy atom. The second kappa shape index (κ2) is 9.23. The third-order valence-corrected chi connectivity index (χ3v) is 2.07. The minimum atomic E-state index is 0. The van der Waals surface area contributed by atoms with Gasteiger partial charge in [0.1, 0.15) is 0 Å². The van der Waals surface area contributed by atoms with Crippen molar-refractivity contribution in [2.24, 2.45) is 0 Å². The van der Waals surface area contributed by atoms with Gasteiger partial charge in [-0.1, -0.05) is 72.8 Å². The van der Waals surface area contributed by atoms with Gasteiger partial charge in [0, 0.05) is 0 Å². The Hall–Kier alpha value is 0.180. The molecule has 0 fully saturated rings. The van der Waals surface area contributed by atoms with Crippen LogP contribution in [0.15, 0.2) is 60.7 Å². The van der Waals surface area contributed by atoms with Gasteiger partial charge in [0.15, 0.2) is 0 Å². The van der Waals surface area contributed by atoms with Crippen molar-refractivity contribution in [3.8, 4) is 0 Å². The molecule has 0 unspecified atom stereocenters. The zero-order valence-electron chi connectivity index (χ0n) is 7.93. The topological polar surface area (TPSA) is 0 Å². The molecule has 0 aliphatic rings. The summed E-state index contributed by atoms with van der Waals surface area (Å²) >= 11 is 0. The van der Waals surface area contributed by atoms with E-state index in [0.29, 0.717) is 0 Å². The molecule has 72 valence electrons. The molecule has 16 heavy (non-hydrogen) atoms. The normalized spacial score (nSPS) is 9.25. The summed E-state index contributed by atoms with van der Waals surface area (Å²) in [6.45, 7) is 0. The molecule has 2 rings (SSSR count). The van der Waals surface area contributed by atoms with E-state index in [0.717, 1.165) is 0 Å². The van der Waals surface area contributed by atoms with Crippen molar-refractivity contribution in [1.29, 1.82) is 0 Å². The molecule has 0 bridgehead atoms. The number of benzene rings is 2. The van der Waals surface area contributed by atoms with Crippen molar-refractivity contribution in [2.45, 2.75) is 0 Å². The van der Waals surface area contributed by atoms with Crippen LogP contribution in [0.3, 0.4) is 0 Å². The van der Waals surface area contributed by atoms with Gasteiger partial charge in [0.25, 0.3) is 0 Å². The number of rotatable bonds is 2. The molecule has 0 saturated carbocycles. The predicted octanol–water partition coefficient (Wildman–Crippen LogP) is 2.56. The molecule has 2 heteroatoms. The molecular formula is C14H14Na2. The fourth-order valence-electron chi connectivity index (χ4n) is 1.32. The van der Waals surface area contributed by atoms with E-state index in [2.05, 4.69) is 36.4 Å². The number of hydrogen-bond acceptors (Lipinski definition) is 0. The maximum atomic E-state index is 2.12. The Kier molecular flexibility index (Phi) is 9.34. The van der Waals surface area contributed by atoms with Gasteiger partial charge in [-0.05, 0) is 11.1 Å². The van der Waals surface area contributed by atoms with Crippen molar-refractivity contribution in [2.75, 3.05) is 0 Å². The SMILES string of the molecule is C(=Cc1ccccc1)c1ccccc1.[NaH].[NaH]. The van der Waals surface area contributed by atoms with Gasteiger partial charge in [-0.15, -0.1) is 0 Å². The molecule has 0 amide bonds. The summed E-state index contributed by atoms with van der Waals surface area (Å²) in [5, 5.41) is 0. The van der Waals surface area contributed by atoms with Crippen molar-refractivity contribution in [1.82, 2.24) is 0 Å². The molecule has 0 saturated heterocycles. The standard InChI is InChI=1S/C14H12.2Na.2H/c1-3-7-13(8-4-1)11-12-14-9-5-2-6-10-14;;;;/h1-12H;;;;. The summed E-state index contributed by atoms with van der Waals surface area (Å²) in [5.74, 6) is 0. The van der Waals surface area contributed by atoms with Crippen molar-refractivity contribution in [3.05, 3.63) is 71.8 Å². The molecule has 0 nitrogen and oxygen atoms in total. The van der Waals surface area contributed by atoms with Crippen LogP contribution in [0.5, 0.6) is 0 Å². The first-order valence-electron chi connectivity index (χ1n) is 4.73.